The molecule has 0 saturated heterocycles. The number of aromatic amines is 1. The van der Waals surface area contributed by atoms with E-state index >= 15 is 0 Å². The maximum absolute atomic E-state index is 3.95. The van der Waals surface area contributed by atoms with Gasteiger partial charge in [0.1, 0.15) is 5.69 Å². The van der Waals surface area contributed by atoms with Crippen LogP contribution in [0.2, 0.25) is 0 Å². The van der Waals surface area contributed by atoms with E-state index in [-0.39, 0.29) is 0 Å². The number of rotatable bonds is 1. The molecule has 2 rings (SSSR count). The normalized spacial score (nSPS) is 14.8. The van der Waals surface area contributed by atoms with Crippen LogP contribution >= 0.6 is 0 Å². The monoisotopic (exact) mass is 165 g/mol. The maximum Gasteiger partial charge on any atom is 0.194 e. The Morgan fingerprint density at radius 3 is 3.00 bits per heavy atom. The molecule has 1 aliphatic rings. The number of H-pyrrole nitrogens is 1. The molecule has 0 bridgehead atoms. The van der Waals surface area contributed by atoms with Gasteiger partial charge in [-0.15, -0.1) is 5.10 Å². The predicted octanol–water partition coefficient (Wildman–Crippen LogP) is 0.826. The van der Waals surface area contributed by atoms with Crippen molar-refractivity contribution in [2.24, 2.45) is 0 Å². The molecule has 1 aliphatic heterocycles. The van der Waals surface area contributed by atoms with Crippen molar-refractivity contribution in [3.8, 4) is 0 Å². The molecular weight excluding hydrogens is 154 g/mol. The van der Waals surface area contributed by atoms with Gasteiger partial charge in [-0.1, -0.05) is 0 Å². The fraction of sp³-hybridized carbons (Fsp3) is 0.429. The molecule has 2 heterocycles. The highest BCUT2D eigenvalue weighted by Gasteiger charge is 2.14. The minimum atomic E-state index is 0.408. The van der Waals surface area contributed by atoms with Crippen LogP contribution in [0.5, 0.6) is 0 Å². The van der Waals surface area contributed by atoms with Crippen molar-refractivity contribution < 1.29 is 0 Å². The third-order valence-corrected chi connectivity index (χ3v) is 1.76. The molecule has 0 atom stereocenters. The van der Waals surface area contributed by atoms with Crippen LogP contribution in [0.25, 0.3) is 6.08 Å². The van der Waals surface area contributed by atoms with Gasteiger partial charge in [-0.25, -0.2) is 0 Å². The van der Waals surface area contributed by atoms with Gasteiger partial charge in [-0.3, -0.25) is 10.4 Å². The summed E-state index contributed by atoms with van der Waals surface area (Å²) in [6, 6.07) is 0.408. The summed E-state index contributed by atoms with van der Waals surface area (Å²) in [6.45, 7) is 4.20. The number of fused-ring (bicyclic) bond motifs is 1. The van der Waals surface area contributed by atoms with E-state index < -0.39 is 0 Å². The first kappa shape index (κ1) is 7.15. The van der Waals surface area contributed by atoms with Crippen LogP contribution in [-0.2, 0) is 0 Å². The lowest BCUT2D eigenvalue weighted by Gasteiger charge is -2.27. The molecule has 12 heavy (non-hydrogen) atoms. The van der Waals surface area contributed by atoms with Crippen molar-refractivity contribution in [1.29, 1.82) is 0 Å². The van der Waals surface area contributed by atoms with Crippen molar-refractivity contribution in [3.63, 3.8) is 0 Å². The minimum Gasteiger partial charge on any atom is -0.291 e. The summed E-state index contributed by atoms with van der Waals surface area (Å²) in [5.41, 5.74) is 3.97. The molecule has 0 radical (unpaired) electrons. The van der Waals surface area contributed by atoms with Crippen molar-refractivity contribution >= 4 is 11.9 Å². The Kier molecular flexibility index (Phi) is 1.49. The summed E-state index contributed by atoms with van der Waals surface area (Å²) in [6.07, 6.45) is 3.88. The number of hydrogen-bond donors (Lipinski definition) is 2. The first-order valence-corrected chi connectivity index (χ1v) is 3.91. The highest BCUT2D eigenvalue weighted by atomic mass is 15.6. The van der Waals surface area contributed by atoms with E-state index in [1.807, 2.05) is 17.3 Å². The number of anilines is 1. The van der Waals surface area contributed by atoms with Crippen LogP contribution in [0, 0.1) is 0 Å². The lowest BCUT2D eigenvalue weighted by atomic mass is 10.3. The molecule has 1 aromatic heterocycles. The SMILES string of the molecule is CC(C)N1C=Cc2n[nH]nc2N1. The van der Waals surface area contributed by atoms with Crippen LogP contribution in [0.15, 0.2) is 6.20 Å². The molecule has 2 N–H and O–H groups in total. The van der Waals surface area contributed by atoms with Crippen LogP contribution < -0.4 is 5.43 Å². The second-order valence-electron chi connectivity index (χ2n) is 2.99. The van der Waals surface area contributed by atoms with E-state index in [4.69, 9.17) is 0 Å². The van der Waals surface area contributed by atoms with E-state index in [1.54, 1.807) is 0 Å². The lowest BCUT2D eigenvalue weighted by molar-refractivity contribution is 0.368. The Morgan fingerprint density at radius 1 is 1.42 bits per heavy atom. The van der Waals surface area contributed by atoms with E-state index in [0.717, 1.165) is 11.5 Å². The predicted molar refractivity (Wildman–Crippen MR) is 46.0 cm³/mol. The molecule has 1 aromatic rings. The molecule has 5 heteroatoms. The van der Waals surface area contributed by atoms with Gasteiger partial charge < -0.3 is 0 Å². The van der Waals surface area contributed by atoms with Gasteiger partial charge in [-0.2, -0.15) is 10.3 Å². The zero-order chi connectivity index (χ0) is 8.55. The van der Waals surface area contributed by atoms with Crippen molar-refractivity contribution in [2.75, 3.05) is 5.43 Å². The summed E-state index contributed by atoms with van der Waals surface area (Å²) >= 11 is 0. The molecule has 0 spiro atoms. The van der Waals surface area contributed by atoms with Gasteiger partial charge in [0.2, 0.25) is 0 Å². The van der Waals surface area contributed by atoms with E-state index in [9.17, 15) is 0 Å². The summed E-state index contributed by atoms with van der Waals surface area (Å²) in [5.74, 6) is 0.784. The molecule has 64 valence electrons. The average molecular weight is 165 g/mol. The third-order valence-electron chi connectivity index (χ3n) is 1.76. The third kappa shape index (κ3) is 1.03. The topological polar surface area (TPSA) is 56.8 Å². The Labute approximate surface area is 70.4 Å². The van der Waals surface area contributed by atoms with Crippen LogP contribution in [-0.4, -0.2) is 26.5 Å². The van der Waals surface area contributed by atoms with Crippen LogP contribution in [0.3, 0.4) is 0 Å². The van der Waals surface area contributed by atoms with Gasteiger partial charge in [0, 0.05) is 12.2 Å². The highest BCUT2D eigenvalue weighted by molar-refractivity contribution is 5.60. The molecule has 0 aliphatic carbocycles. The summed E-state index contributed by atoms with van der Waals surface area (Å²) in [7, 11) is 0. The maximum atomic E-state index is 3.95. The second kappa shape index (κ2) is 2.51. The zero-order valence-corrected chi connectivity index (χ0v) is 7.07. The summed E-state index contributed by atoms with van der Waals surface area (Å²) in [5, 5.41) is 12.4. The first-order valence-electron chi connectivity index (χ1n) is 3.91. The summed E-state index contributed by atoms with van der Waals surface area (Å²) in [4.78, 5) is 0. The molecule has 0 unspecified atom stereocenters. The average Bonchev–Trinajstić information content (AvgIpc) is 2.49. The van der Waals surface area contributed by atoms with Crippen LogP contribution in [0.4, 0.5) is 5.82 Å². The molecular formula is C7H11N5. The Balaban J connectivity index is 2.24. The quantitative estimate of drug-likeness (QED) is 0.647. The Morgan fingerprint density at radius 2 is 2.25 bits per heavy atom. The molecule has 0 aromatic carbocycles. The minimum absolute atomic E-state index is 0.408. The molecule has 0 fully saturated rings. The number of aromatic nitrogens is 3. The van der Waals surface area contributed by atoms with Crippen LogP contribution in [0.1, 0.15) is 19.5 Å². The molecule has 0 amide bonds. The number of nitrogens with zero attached hydrogens (tertiary/aromatic N) is 3. The van der Waals surface area contributed by atoms with Crippen molar-refractivity contribution in [3.05, 3.63) is 11.9 Å². The fourth-order valence-electron chi connectivity index (χ4n) is 1.05. The fourth-order valence-corrected chi connectivity index (χ4v) is 1.05. The number of nitrogens with one attached hydrogen (secondary N) is 2. The van der Waals surface area contributed by atoms with E-state index in [1.165, 1.54) is 0 Å². The largest absolute Gasteiger partial charge is 0.291 e. The van der Waals surface area contributed by atoms with Gasteiger partial charge >= 0.3 is 0 Å². The van der Waals surface area contributed by atoms with E-state index in [2.05, 4.69) is 34.7 Å². The number of hydrazine groups is 1. The van der Waals surface area contributed by atoms with Crippen molar-refractivity contribution in [2.45, 2.75) is 19.9 Å². The first-order chi connectivity index (χ1) is 5.77. The number of hydrogen-bond acceptors (Lipinski definition) is 4. The van der Waals surface area contributed by atoms with E-state index in [0.29, 0.717) is 6.04 Å². The van der Waals surface area contributed by atoms with Crippen molar-refractivity contribution in [1.82, 2.24) is 20.4 Å². The molecule has 0 saturated carbocycles. The Bertz CT molecular complexity index is 301. The molecule has 5 nitrogen and oxygen atoms in total. The van der Waals surface area contributed by atoms with Gasteiger partial charge in [0.05, 0.1) is 0 Å². The lowest BCUT2D eigenvalue weighted by Crippen LogP contribution is -2.33. The van der Waals surface area contributed by atoms with Gasteiger partial charge in [0.15, 0.2) is 5.82 Å². The van der Waals surface area contributed by atoms with Gasteiger partial charge in [-0.05, 0) is 19.9 Å². The Hall–Kier alpha value is -1.52. The standard InChI is InChI=1S/C7H11N5/c1-5(2)12-4-3-6-7(10-12)9-11-8-6/h3-5H,1-2H3,(H2,8,9,10,11). The smallest absolute Gasteiger partial charge is 0.194 e. The van der Waals surface area contributed by atoms with Gasteiger partial charge in [0.25, 0.3) is 0 Å². The zero-order valence-electron chi connectivity index (χ0n) is 7.07. The highest BCUT2D eigenvalue weighted by Crippen LogP contribution is 2.17. The summed E-state index contributed by atoms with van der Waals surface area (Å²) < 4.78 is 0. The second-order valence-corrected chi connectivity index (χ2v) is 2.99.